The minimum absolute atomic E-state index is 0.0451. The lowest BCUT2D eigenvalue weighted by Gasteiger charge is -2.23. The van der Waals surface area contributed by atoms with Gasteiger partial charge in [-0.3, -0.25) is 9.59 Å². The third-order valence-corrected chi connectivity index (χ3v) is 6.00. The van der Waals surface area contributed by atoms with E-state index in [1.165, 1.54) is 17.4 Å². The maximum Gasteiger partial charge on any atom is 0.231 e. The van der Waals surface area contributed by atoms with Gasteiger partial charge in [0, 0.05) is 30.0 Å². The van der Waals surface area contributed by atoms with Crippen molar-refractivity contribution in [2.75, 3.05) is 11.9 Å². The highest BCUT2D eigenvalue weighted by molar-refractivity contribution is 7.14. The number of likely N-dealkylation sites (tertiary alicyclic amines) is 1. The van der Waals surface area contributed by atoms with Crippen LogP contribution in [0.2, 0.25) is 0 Å². The van der Waals surface area contributed by atoms with Crippen molar-refractivity contribution in [3.63, 3.8) is 0 Å². The topological polar surface area (TPSA) is 62.3 Å². The molecule has 2 aromatic rings. The summed E-state index contributed by atoms with van der Waals surface area (Å²) in [5.41, 5.74) is 0.901. The number of carbonyl (C=O) groups excluding carboxylic acids is 2. The number of halogens is 2. The Morgan fingerprint density at radius 2 is 2.00 bits per heavy atom. The molecule has 1 N–H and O–H groups in total. The summed E-state index contributed by atoms with van der Waals surface area (Å²) in [4.78, 5) is 30.9. The fourth-order valence-corrected chi connectivity index (χ4v) is 4.53. The van der Waals surface area contributed by atoms with E-state index in [1.54, 1.807) is 5.38 Å². The number of nitrogens with one attached hydrogen (secondary N) is 1. The van der Waals surface area contributed by atoms with Gasteiger partial charge in [0.05, 0.1) is 11.6 Å². The van der Waals surface area contributed by atoms with Crippen LogP contribution in [0.15, 0.2) is 23.6 Å². The second-order valence-electron chi connectivity index (χ2n) is 7.04. The Bertz CT molecular complexity index is 880. The lowest BCUT2D eigenvalue weighted by atomic mass is 10.1. The Labute approximate surface area is 159 Å². The van der Waals surface area contributed by atoms with Crippen LogP contribution in [0, 0.1) is 17.6 Å². The zero-order chi connectivity index (χ0) is 19.0. The monoisotopic (exact) mass is 391 g/mol. The van der Waals surface area contributed by atoms with Gasteiger partial charge in [0.15, 0.2) is 16.8 Å². The van der Waals surface area contributed by atoms with Crippen LogP contribution < -0.4 is 5.32 Å². The van der Waals surface area contributed by atoms with Gasteiger partial charge in [0.1, 0.15) is 0 Å². The number of hydrogen-bond donors (Lipinski definition) is 1. The van der Waals surface area contributed by atoms with Gasteiger partial charge >= 0.3 is 0 Å². The van der Waals surface area contributed by atoms with E-state index in [1.807, 2.05) is 4.90 Å². The van der Waals surface area contributed by atoms with E-state index in [9.17, 15) is 18.4 Å². The summed E-state index contributed by atoms with van der Waals surface area (Å²) < 4.78 is 26.4. The second kappa shape index (κ2) is 7.34. The van der Waals surface area contributed by atoms with Crippen LogP contribution in [-0.2, 0) is 9.59 Å². The van der Waals surface area contributed by atoms with Crippen LogP contribution in [0.1, 0.15) is 32.1 Å². The molecule has 2 heterocycles. The van der Waals surface area contributed by atoms with Gasteiger partial charge in [-0.1, -0.05) is 12.8 Å². The molecule has 1 atom stereocenters. The minimum atomic E-state index is -0.942. The van der Waals surface area contributed by atoms with Crippen LogP contribution >= 0.6 is 11.3 Å². The third-order valence-electron chi connectivity index (χ3n) is 5.24. The van der Waals surface area contributed by atoms with Gasteiger partial charge in [-0.15, -0.1) is 11.3 Å². The Morgan fingerprint density at radius 3 is 2.74 bits per heavy atom. The number of nitrogens with zero attached hydrogens (tertiary/aromatic N) is 2. The molecule has 0 bridgehead atoms. The van der Waals surface area contributed by atoms with Gasteiger partial charge in [-0.25, -0.2) is 13.8 Å². The largest absolute Gasteiger partial charge is 0.339 e. The fourth-order valence-electron chi connectivity index (χ4n) is 3.80. The smallest absolute Gasteiger partial charge is 0.231 e. The zero-order valence-electron chi connectivity index (χ0n) is 14.6. The van der Waals surface area contributed by atoms with Gasteiger partial charge in [0.2, 0.25) is 11.8 Å². The molecule has 1 aliphatic carbocycles. The summed E-state index contributed by atoms with van der Waals surface area (Å²) >= 11 is 1.21. The molecule has 2 aliphatic rings. The molecule has 1 saturated carbocycles. The average molecular weight is 391 g/mol. The van der Waals surface area contributed by atoms with E-state index >= 15 is 0 Å². The Balaban J connectivity index is 1.41. The summed E-state index contributed by atoms with van der Waals surface area (Å²) in [6, 6.07) is 3.83. The molecule has 1 aromatic carbocycles. The average Bonchev–Trinajstić information content (AvgIpc) is 3.37. The molecular formula is C19H19F2N3O2S. The first-order valence-electron chi connectivity index (χ1n) is 9.02. The number of aromatic nitrogens is 1. The highest BCUT2D eigenvalue weighted by Gasteiger charge is 2.38. The van der Waals surface area contributed by atoms with Crippen molar-refractivity contribution in [1.82, 2.24) is 9.88 Å². The number of benzene rings is 1. The summed E-state index contributed by atoms with van der Waals surface area (Å²) in [5.74, 6) is -2.42. The van der Waals surface area contributed by atoms with E-state index in [4.69, 9.17) is 0 Å². The highest BCUT2D eigenvalue weighted by atomic mass is 32.1. The number of rotatable bonds is 4. The molecular weight excluding hydrogens is 372 g/mol. The van der Waals surface area contributed by atoms with Crippen molar-refractivity contribution in [3.8, 4) is 11.3 Å². The molecule has 4 rings (SSSR count). The number of carbonyl (C=O) groups is 2. The van der Waals surface area contributed by atoms with Crippen molar-refractivity contribution >= 4 is 28.3 Å². The number of anilines is 1. The number of amides is 2. The zero-order valence-corrected chi connectivity index (χ0v) is 15.4. The normalized spacial score (nSPS) is 20.4. The Morgan fingerprint density at radius 1 is 1.22 bits per heavy atom. The number of hydrogen-bond acceptors (Lipinski definition) is 4. The summed E-state index contributed by atoms with van der Waals surface area (Å²) in [5, 5.41) is 4.81. The van der Waals surface area contributed by atoms with E-state index < -0.39 is 11.6 Å². The molecule has 5 nitrogen and oxygen atoms in total. The first-order chi connectivity index (χ1) is 13.0. The molecule has 0 spiro atoms. The molecule has 1 aliphatic heterocycles. The van der Waals surface area contributed by atoms with Crippen molar-refractivity contribution in [2.45, 2.75) is 38.1 Å². The van der Waals surface area contributed by atoms with Crippen molar-refractivity contribution in [2.24, 2.45) is 5.92 Å². The molecule has 27 heavy (non-hydrogen) atoms. The maximum atomic E-state index is 13.4. The lowest BCUT2D eigenvalue weighted by Crippen LogP contribution is -2.35. The standard InChI is InChI=1S/C19H19F2N3O2S/c20-14-6-5-11(7-15(14)21)16-10-27-19(22-16)23-18(26)12-8-17(25)24(9-12)13-3-1-2-4-13/h5-7,10,12-13H,1-4,8-9H2,(H,22,23,26). The molecule has 0 radical (unpaired) electrons. The van der Waals surface area contributed by atoms with Crippen molar-refractivity contribution in [3.05, 3.63) is 35.2 Å². The van der Waals surface area contributed by atoms with E-state index in [0.717, 1.165) is 37.8 Å². The van der Waals surface area contributed by atoms with Crippen molar-refractivity contribution in [1.29, 1.82) is 0 Å². The summed E-state index contributed by atoms with van der Waals surface area (Å²) in [7, 11) is 0. The van der Waals surface area contributed by atoms with Gasteiger partial charge in [-0.05, 0) is 31.0 Å². The molecule has 142 valence electrons. The molecule has 1 aromatic heterocycles. The first-order valence-corrected chi connectivity index (χ1v) is 9.90. The quantitative estimate of drug-likeness (QED) is 0.862. The fraction of sp³-hybridized carbons (Fsp3) is 0.421. The molecule has 1 unspecified atom stereocenters. The van der Waals surface area contributed by atoms with Crippen molar-refractivity contribution < 1.29 is 18.4 Å². The van der Waals surface area contributed by atoms with E-state index in [0.29, 0.717) is 22.9 Å². The predicted octanol–water partition coefficient (Wildman–Crippen LogP) is 3.82. The molecule has 1 saturated heterocycles. The lowest BCUT2D eigenvalue weighted by molar-refractivity contribution is -0.129. The van der Waals surface area contributed by atoms with Crippen LogP contribution in [0.5, 0.6) is 0 Å². The Hall–Kier alpha value is -2.35. The highest BCUT2D eigenvalue weighted by Crippen LogP contribution is 2.31. The minimum Gasteiger partial charge on any atom is -0.339 e. The van der Waals surface area contributed by atoms with Gasteiger partial charge < -0.3 is 10.2 Å². The maximum absolute atomic E-state index is 13.4. The second-order valence-corrected chi connectivity index (χ2v) is 7.90. The Kier molecular flexibility index (Phi) is 4.90. The van der Waals surface area contributed by atoms with E-state index in [2.05, 4.69) is 10.3 Å². The molecule has 2 fully saturated rings. The van der Waals surface area contributed by atoms with Crippen LogP contribution in [0.25, 0.3) is 11.3 Å². The summed E-state index contributed by atoms with van der Waals surface area (Å²) in [6.07, 6.45) is 4.53. The van der Waals surface area contributed by atoms with Crippen LogP contribution in [0.4, 0.5) is 13.9 Å². The third kappa shape index (κ3) is 3.71. The van der Waals surface area contributed by atoms with Gasteiger partial charge in [-0.2, -0.15) is 0 Å². The predicted molar refractivity (Wildman–Crippen MR) is 98.2 cm³/mol. The molecule has 2 amide bonds. The summed E-state index contributed by atoms with van der Waals surface area (Å²) in [6.45, 7) is 0.455. The SMILES string of the molecule is O=C(Nc1nc(-c2ccc(F)c(F)c2)cs1)C1CC(=O)N(C2CCCC2)C1. The van der Waals surface area contributed by atoms with Crippen LogP contribution in [0.3, 0.4) is 0 Å². The first kappa shape index (κ1) is 18.0. The van der Waals surface area contributed by atoms with E-state index in [-0.39, 0.29) is 30.2 Å². The number of thiazole rings is 1. The molecule has 8 heteroatoms. The van der Waals surface area contributed by atoms with Crippen LogP contribution in [-0.4, -0.2) is 34.3 Å². The van der Waals surface area contributed by atoms with Gasteiger partial charge in [0.25, 0.3) is 0 Å².